The zero-order valence-electron chi connectivity index (χ0n) is 25.3. The second-order valence-corrected chi connectivity index (χ2v) is 12.8. The van der Waals surface area contributed by atoms with Gasteiger partial charge in [0.15, 0.2) is 5.60 Å². The number of benzene rings is 3. The third kappa shape index (κ3) is 6.76. The number of aromatic nitrogens is 1. The lowest BCUT2D eigenvalue weighted by molar-refractivity contribution is -0.135. The zero-order valence-corrected chi connectivity index (χ0v) is 25.3. The van der Waals surface area contributed by atoms with E-state index >= 15 is 0 Å². The van der Waals surface area contributed by atoms with E-state index in [1.54, 1.807) is 25.1 Å². The van der Waals surface area contributed by atoms with Crippen LogP contribution < -0.4 is 10.9 Å². The van der Waals surface area contributed by atoms with E-state index in [0.29, 0.717) is 27.7 Å². The Morgan fingerprint density at radius 1 is 0.878 bits per heavy atom. The van der Waals surface area contributed by atoms with Crippen molar-refractivity contribution >= 4 is 22.4 Å². The summed E-state index contributed by atoms with van der Waals surface area (Å²) in [4.78, 5) is 25.9. The lowest BCUT2D eigenvalue weighted by Gasteiger charge is -2.32. The first-order chi connectivity index (χ1) is 19.2. The van der Waals surface area contributed by atoms with Gasteiger partial charge in [-0.1, -0.05) is 100 Å². The Bertz CT molecular complexity index is 1580. The van der Waals surface area contributed by atoms with Crippen LogP contribution in [-0.4, -0.2) is 16.2 Å². The molecule has 0 saturated carbocycles. The smallest absolute Gasteiger partial charge is 0.366 e. The Labute approximate surface area is 242 Å². The average molecular weight is 555 g/mol. The number of nitrogens with one attached hydrogen (secondary N) is 1. The number of hydrogen-bond donors (Lipinski definition) is 2. The molecule has 2 N–H and O–H groups in total. The first-order valence-electron chi connectivity index (χ1n) is 14.3. The SMILES string of the molecule is CCC(C)(C)CCC(C)(C)c1ccc(C(O)(Cc2ccc(C)cc2)C(=O)Nc2ccc3c(=O)onc(C)c3c2)cc1. The molecule has 216 valence electrons. The minimum absolute atomic E-state index is 0.0496. The van der Waals surface area contributed by atoms with Gasteiger partial charge in [-0.15, -0.1) is 0 Å². The molecular weight excluding hydrogens is 512 g/mol. The van der Waals surface area contributed by atoms with E-state index < -0.39 is 17.1 Å². The van der Waals surface area contributed by atoms with Gasteiger partial charge in [-0.2, -0.15) is 0 Å². The van der Waals surface area contributed by atoms with Crippen LogP contribution in [0.1, 0.15) is 81.8 Å². The summed E-state index contributed by atoms with van der Waals surface area (Å²) in [7, 11) is 0. The normalized spacial score (nSPS) is 13.7. The Morgan fingerprint density at radius 2 is 1.51 bits per heavy atom. The molecule has 1 heterocycles. The zero-order chi connectivity index (χ0) is 30.0. The van der Waals surface area contributed by atoms with Crippen LogP contribution >= 0.6 is 0 Å². The van der Waals surface area contributed by atoms with E-state index in [2.05, 4.69) is 45.1 Å². The van der Waals surface area contributed by atoms with Crippen molar-refractivity contribution in [3.8, 4) is 0 Å². The molecule has 1 aromatic heterocycles. The van der Waals surface area contributed by atoms with Gasteiger partial charge in [0, 0.05) is 17.5 Å². The summed E-state index contributed by atoms with van der Waals surface area (Å²) in [6.07, 6.45) is 3.38. The monoisotopic (exact) mass is 554 g/mol. The van der Waals surface area contributed by atoms with Crippen molar-refractivity contribution in [2.45, 2.75) is 85.2 Å². The van der Waals surface area contributed by atoms with Crippen LogP contribution in [0.3, 0.4) is 0 Å². The third-order valence-electron chi connectivity index (χ3n) is 8.64. The fourth-order valence-electron chi connectivity index (χ4n) is 5.03. The summed E-state index contributed by atoms with van der Waals surface area (Å²) in [5.41, 5.74) is 2.48. The molecule has 1 atom stereocenters. The lowest BCUT2D eigenvalue weighted by atomic mass is 9.74. The van der Waals surface area contributed by atoms with E-state index in [9.17, 15) is 14.7 Å². The molecule has 4 aromatic rings. The van der Waals surface area contributed by atoms with Crippen molar-refractivity contribution in [1.82, 2.24) is 5.16 Å². The van der Waals surface area contributed by atoms with Crippen LogP contribution in [0.2, 0.25) is 0 Å². The van der Waals surface area contributed by atoms with Crippen molar-refractivity contribution in [2.24, 2.45) is 5.41 Å². The van der Waals surface area contributed by atoms with Crippen LogP contribution in [0, 0.1) is 19.3 Å². The van der Waals surface area contributed by atoms with Crippen molar-refractivity contribution in [1.29, 1.82) is 0 Å². The summed E-state index contributed by atoms with van der Waals surface area (Å²) >= 11 is 0. The van der Waals surface area contributed by atoms with E-state index in [1.165, 1.54) is 5.56 Å². The standard InChI is InChI=1S/C35H42N2O4/c1-8-33(4,5)19-20-34(6,7)26-13-15-27(16-14-26)35(40,22-25-11-9-23(2)10-12-25)32(39)36-28-17-18-29-30(21-28)24(3)37-41-31(29)38/h9-18,21,40H,8,19-20,22H2,1-7H3,(H,36,39). The van der Waals surface area contributed by atoms with Gasteiger partial charge >= 0.3 is 5.63 Å². The van der Waals surface area contributed by atoms with Crippen molar-refractivity contribution < 1.29 is 14.4 Å². The fourth-order valence-corrected chi connectivity index (χ4v) is 5.03. The number of nitrogens with zero attached hydrogens (tertiary/aromatic N) is 1. The van der Waals surface area contributed by atoms with E-state index in [4.69, 9.17) is 4.52 Å². The molecule has 0 aliphatic carbocycles. The summed E-state index contributed by atoms with van der Waals surface area (Å²) in [6.45, 7) is 15.1. The first-order valence-corrected chi connectivity index (χ1v) is 14.3. The quantitative estimate of drug-likeness (QED) is 0.214. The van der Waals surface area contributed by atoms with E-state index in [1.807, 2.05) is 55.5 Å². The number of carbonyl (C=O) groups excluding carboxylic acids is 1. The van der Waals surface area contributed by atoms with Gasteiger partial charge in [0.05, 0.1) is 11.1 Å². The average Bonchev–Trinajstić information content (AvgIpc) is 2.95. The van der Waals surface area contributed by atoms with Crippen LogP contribution in [0.25, 0.3) is 10.8 Å². The number of aliphatic hydroxyl groups is 1. The summed E-state index contributed by atoms with van der Waals surface area (Å²) in [5.74, 6) is -0.553. The van der Waals surface area contributed by atoms with Crippen LogP contribution in [0.15, 0.2) is 76.0 Å². The molecule has 0 radical (unpaired) electrons. The van der Waals surface area contributed by atoms with Gasteiger partial charge in [0.25, 0.3) is 5.91 Å². The highest BCUT2D eigenvalue weighted by Crippen LogP contribution is 2.37. The Kier molecular flexibility index (Phi) is 8.55. The molecule has 0 saturated heterocycles. The summed E-state index contributed by atoms with van der Waals surface area (Å²) in [6, 6.07) is 20.5. The lowest BCUT2D eigenvalue weighted by Crippen LogP contribution is -2.42. The molecule has 1 amide bonds. The molecule has 3 aromatic carbocycles. The number of aryl methyl sites for hydroxylation is 2. The number of fused-ring (bicyclic) bond motifs is 1. The van der Waals surface area contributed by atoms with Gasteiger partial charge in [0.2, 0.25) is 0 Å². The van der Waals surface area contributed by atoms with Crippen LogP contribution in [0.4, 0.5) is 5.69 Å². The molecule has 6 nitrogen and oxygen atoms in total. The highest BCUT2D eigenvalue weighted by atomic mass is 16.5. The maximum atomic E-state index is 13.9. The third-order valence-corrected chi connectivity index (χ3v) is 8.64. The minimum Gasteiger partial charge on any atom is -0.375 e. The second kappa shape index (κ2) is 11.6. The van der Waals surface area contributed by atoms with Gasteiger partial charge in [-0.05, 0) is 72.4 Å². The van der Waals surface area contributed by atoms with Gasteiger partial charge < -0.3 is 14.9 Å². The van der Waals surface area contributed by atoms with E-state index in [0.717, 1.165) is 30.4 Å². The van der Waals surface area contributed by atoms with Crippen molar-refractivity contribution in [3.63, 3.8) is 0 Å². The minimum atomic E-state index is -1.83. The largest absolute Gasteiger partial charge is 0.375 e. The Hall–Kier alpha value is -3.77. The maximum absolute atomic E-state index is 13.9. The van der Waals surface area contributed by atoms with Crippen LogP contribution in [-0.2, 0) is 22.2 Å². The molecule has 0 aliphatic rings. The number of hydrogen-bond acceptors (Lipinski definition) is 5. The Morgan fingerprint density at radius 3 is 2.15 bits per heavy atom. The number of rotatable bonds is 10. The second-order valence-electron chi connectivity index (χ2n) is 12.8. The molecule has 6 heteroatoms. The first kappa shape index (κ1) is 30.2. The molecule has 4 rings (SSSR count). The molecule has 41 heavy (non-hydrogen) atoms. The number of anilines is 1. The van der Waals surface area contributed by atoms with Crippen molar-refractivity contribution in [2.75, 3.05) is 5.32 Å². The molecular formula is C35H42N2O4. The van der Waals surface area contributed by atoms with Gasteiger partial charge in [-0.3, -0.25) is 4.79 Å². The summed E-state index contributed by atoms with van der Waals surface area (Å²) < 4.78 is 4.82. The maximum Gasteiger partial charge on any atom is 0.366 e. The highest BCUT2D eigenvalue weighted by Gasteiger charge is 2.39. The van der Waals surface area contributed by atoms with Gasteiger partial charge in [0.1, 0.15) is 0 Å². The Balaban J connectivity index is 1.67. The molecule has 0 spiro atoms. The predicted molar refractivity (Wildman–Crippen MR) is 165 cm³/mol. The van der Waals surface area contributed by atoms with E-state index in [-0.39, 0.29) is 17.3 Å². The van der Waals surface area contributed by atoms with Crippen LogP contribution in [0.5, 0.6) is 0 Å². The molecule has 0 fully saturated rings. The molecule has 0 bridgehead atoms. The highest BCUT2D eigenvalue weighted by molar-refractivity contribution is 6.00. The fraction of sp³-hybridized carbons (Fsp3) is 0.400. The molecule has 0 aliphatic heterocycles. The number of amides is 1. The predicted octanol–water partition coefficient (Wildman–Crippen LogP) is 7.37. The van der Waals surface area contributed by atoms with Crippen molar-refractivity contribution in [3.05, 3.63) is 105 Å². The molecule has 1 unspecified atom stereocenters. The van der Waals surface area contributed by atoms with Gasteiger partial charge in [-0.25, -0.2) is 4.79 Å². The summed E-state index contributed by atoms with van der Waals surface area (Å²) in [5, 5.41) is 19.7. The topological polar surface area (TPSA) is 92.4 Å². The number of carbonyl (C=O) groups is 1.